The first-order valence-electron chi connectivity index (χ1n) is 8.01. The highest BCUT2D eigenvalue weighted by molar-refractivity contribution is 5.84. The average Bonchev–Trinajstić information content (AvgIpc) is 2.62. The van der Waals surface area contributed by atoms with Gasteiger partial charge in [0.25, 0.3) is 0 Å². The Balaban J connectivity index is 2.16. The molecule has 0 amide bonds. The molecule has 0 saturated heterocycles. The fourth-order valence-corrected chi connectivity index (χ4v) is 2.29. The summed E-state index contributed by atoms with van der Waals surface area (Å²) in [5.41, 5.74) is 3.96. The highest BCUT2D eigenvalue weighted by Gasteiger charge is 2.04. The van der Waals surface area contributed by atoms with Crippen molar-refractivity contribution in [1.82, 2.24) is 0 Å². The molecule has 0 aliphatic rings. The number of hydrogen-bond donors (Lipinski definition) is 0. The Morgan fingerprint density at radius 1 is 0.769 bits per heavy atom. The van der Waals surface area contributed by atoms with E-state index in [-0.39, 0.29) is 0 Å². The van der Waals surface area contributed by atoms with E-state index >= 15 is 0 Å². The van der Waals surface area contributed by atoms with Gasteiger partial charge in [-0.2, -0.15) is 0 Å². The maximum atomic E-state index is 11.2. The third-order valence-corrected chi connectivity index (χ3v) is 3.70. The summed E-state index contributed by atoms with van der Waals surface area (Å²) in [6.45, 7) is 10.6. The zero-order valence-corrected chi connectivity index (χ0v) is 14.8. The maximum absolute atomic E-state index is 11.2. The predicted molar refractivity (Wildman–Crippen MR) is 103 cm³/mol. The van der Waals surface area contributed by atoms with Gasteiger partial charge in [0.05, 0.1) is 0 Å². The number of aryl methyl sites for hydroxylation is 2. The summed E-state index contributed by atoms with van der Waals surface area (Å²) in [5, 5.41) is 0. The summed E-state index contributed by atoms with van der Waals surface area (Å²) in [6, 6.07) is 10.8. The average molecular weight is 348 g/mol. The fourth-order valence-electron chi connectivity index (χ4n) is 2.29. The molecule has 0 fully saturated rings. The molecule has 0 spiro atoms. The molecule has 0 saturated carbocycles. The molecule has 0 unspecified atom stereocenters. The van der Waals surface area contributed by atoms with Crippen LogP contribution in [0.3, 0.4) is 0 Å². The van der Waals surface area contributed by atoms with Crippen LogP contribution in [0.1, 0.15) is 22.3 Å². The van der Waals surface area contributed by atoms with Gasteiger partial charge in [-0.3, -0.25) is 0 Å². The largest absolute Gasteiger partial charge is 0.423 e. The van der Waals surface area contributed by atoms with Crippen molar-refractivity contribution in [2.24, 2.45) is 0 Å². The zero-order chi connectivity index (χ0) is 19.1. The first kappa shape index (κ1) is 18.9. The topological polar surface area (TPSA) is 52.6 Å². The van der Waals surface area contributed by atoms with Crippen molar-refractivity contribution in [3.05, 3.63) is 84.0 Å². The van der Waals surface area contributed by atoms with E-state index in [0.29, 0.717) is 11.5 Å². The van der Waals surface area contributed by atoms with Crippen molar-refractivity contribution in [2.75, 3.05) is 0 Å². The fraction of sp³-hybridized carbons (Fsp3) is 0.0909. The number of benzene rings is 2. The molecule has 0 aliphatic heterocycles. The smallest absolute Gasteiger partial charge is 0.335 e. The summed E-state index contributed by atoms with van der Waals surface area (Å²) in [7, 11) is 0. The molecular formula is C22H20O4. The minimum atomic E-state index is -0.486. The van der Waals surface area contributed by atoms with Gasteiger partial charge < -0.3 is 9.47 Å². The quantitative estimate of drug-likeness (QED) is 0.330. The SMILES string of the molecule is C=CC(=O)Oc1ccc(/C=C/c2ccc(OC(=O)C=C)cc2C)c(C)c1. The van der Waals surface area contributed by atoms with Crippen LogP contribution in [0.2, 0.25) is 0 Å². The highest BCUT2D eigenvalue weighted by atomic mass is 16.5. The van der Waals surface area contributed by atoms with Crippen LogP contribution in [0.5, 0.6) is 11.5 Å². The number of carbonyl (C=O) groups excluding carboxylic acids is 2. The molecule has 26 heavy (non-hydrogen) atoms. The molecule has 132 valence electrons. The highest BCUT2D eigenvalue weighted by Crippen LogP contribution is 2.22. The van der Waals surface area contributed by atoms with Crippen LogP contribution in [0.25, 0.3) is 12.2 Å². The van der Waals surface area contributed by atoms with Crippen LogP contribution in [-0.2, 0) is 9.59 Å². The Bertz CT molecular complexity index is 818. The van der Waals surface area contributed by atoms with Crippen molar-refractivity contribution >= 4 is 24.1 Å². The number of rotatable bonds is 6. The van der Waals surface area contributed by atoms with Gasteiger partial charge in [0, 0.05) is 12.2 Å². The first-order chi connectivity index (χ1) is 12.4. The molecule has 2 aromatic rings. The molecule has 0 bridgehead atoms. The minimum Gasteiger partial charge on any atom is -0.423 e. The van der Waals surface area contributed by atoms with Crippen LogP contribution in [0, 0.1) is 13.8 Å². The van der Waals surface area contributed by atoms with Gasteiger partial charge in [-0.1, -0.05) is 37.4 Å². The molecule has 4 nitrogen and oxygen atoms in total. The van der Waals surface area contributed by atoms with E-state index in [2.05, 4.69) is 13.2 Å². The van der Waals surface area contributed by atoms with Gasteiger partial charge in [-0.25, -0.2) is 9.59 Å². The van der Waals surface area contributed by atoms with Gasteiger partial charge in [0.2, 0.25) is 0 Å². The second-order valence-corrected chi connectivity index (χ2v) is 5.62. The van der Waals surface area contributed by atoms with Gasteiger partial charge >= 0.3 is 11.9 Å². The van der Waals surface area contributed by atoms with E-state index in [1.165, 1.54) is 0 Å². The van der Waals surface area contributed by atoms with E-state index < -0.39 is 11.9 Å². The Kier molecular flexibility index (Phi) is 6.28. The van der Waals surface area contributed by atoms with Crippen LogP contribution in [-0.4, -0.2) is 11.9 Å². The van der Waals surface area contributed by atoms with Gasteiger partial charge in [0.15, 0.2) is 0 Å². The second kappa shape index (κ2) is 8.62. The zero-order valence-electron chi connectivity index (χ0n) is 14.8. The number of hydrogen-bond acceptors (Lipinski definition) is 4. The molecule has 2 aromatic carbocycles. The Morgan fingerprint density at radius 2 is 1.15 bits per heavy atom. The van der Waals surface area contributed by atoms with Crippen LogP contribution >= 0.6 is 0 Å². The Morgan fingerprint density at radius 3 is 1.46 bits per heavy atom. The third kappa shape index (κ3) is 5.05. The molecule has 0 N–H and O–H groups in total. The minimum absolute atomic E-state index is 0.481. The maximum Gasteiger partial charge on any atom is 0.335 e. The summed E-state index contributed by atoms with van der Waals surface area (Å²) in [4.78, 5) is 22.5. The van der Waals surface area contributed by atoms with Crippen molar-refractivity contribution in [1.29, 1.82) is 0 Å². The molecule has 4 heteroatoms. The summed E-state index contributed by atoms with van der Waals surface area (Å²) in [6.07, 6.45) is 6.21. The Hall–Kier alpha value is -3.40. The molecule has 0 radical (unpaired) electrons. The third-order valence-electron chi connectivity index (χ3n) is 3.70. The van der Waals surface area contributed by atoms with Gasteiger partial charge in [0.1, 0.15) is 11.5 Å². The number of carbonyl (C=O) groups is 2. The van der Waals surface area contributed by atoms with E-state index in [9.17, 15) is 9.59 Å². The van der Waals surface area contributed by atoms with E-state index in [1.807, 2.05) is 38.1 Å². The summed E-state index contributed by atoms with van der Waals surface area (Å²) in [5.74, 6) is -0.00985. The lowest BCUT2D eigenvalue weighted by atomic mass is 10.0. The number of ether oxygens (including phenoxy) is 2. The lowest BCUT2D eigenvalue weighted by Crippen LogP contribution is -2.03. The second-order valence-electron chi connectivity index (χ2n) is 5.62. The first-order valence-corrected chi connectivity index (χ1v) is 8.01. The van der Waals surface area contributed by atoms with Crippen LogP contribution in [0.15, 0.2) is 61.7 Å². The van der Waals surface area contributed by atoms with Crippen LogP contribution < -0.4 is 9.47 Å². The standard InChI is InChI=1S/C22H20O4/c1-5-21(23)25-19-11-9-17(15(3)13-19)7-8-18-10-12-20(14-16(18)4)26-22(24)6-2/h5-14H,1-2H2,3-4H3/b8-7+. The molecular weight excluding hydrogens is 328 g/mol. The van der Waals surface area contributed by atoms with Crippen molar-refractivity contribution < 1.29 is 19.1 Å². The molecule has 0 heterocycles. The monoisotopic (exact) mass is 348 g/mol. The Labute approximate surface area is 153 Å². The normalized spacial score (nSPS) is 10.4. The van der Waals surface area contributed by atoms with Crippen molar-refractivity contribution in [3.8, 4) is 11.5 Å². The molecule has 0 aromatic heterocycles. The van der Waals surface area contributed by atoms with Crippen LogP contribution in [0.4, 0.5) is 0 Å². The van der Waals surface area contributed by atoms with E-state index in [0.717, 1.165) is 34.4 Å². The van der Waals surface area contributed by atoms with Gasteiger partial charge in [-0.15, -0.1) is 0 Å². The molecule has 0 atom stereocenters. The molecule has 0 aliphatic carbocycles. The van der Waals surface area contributed by atoms with E-state index in [4.69, 9.17) is 9.47 Å². The van der Waals surface area contributed by atoms with Gasteiger partial charge in [-0.05, 0) is 60.4 Å². The summed E-state index contributed by atoms with van der Waals surface area (Å²) >= 11 is 0. The van der Waals surface area contributed by atoms with E-state index in [1.54, 1.807) is 24.3 Å². The summed E-state index contributed by atoms with van der Waals surface area (Å²) < 4.78 is 10.2. The molecule has 2 rings (SSSR count). The lowest BCUT2D eigenvalue weighted by Gasteiger charge is -2.07. The van der Waals surface area contributed by atoms with Crippen molar-refractivity contribution in [2.45, 2.75) is 13.8 Å². The lowest BCUT2D eigenvalue weighted by molar-refractivity contribution is -0.129. The van der Waals surface area contributed by atoms with Crippen molar-refractivity contribution in [3.63, 3.8) is 0 Å². The number of esters is 2. The predicted octanol–water partition coefficient (Wildman–Crippen LogP) is 4.66.